The van der Waals surface area contributed by atoms with Gasteiger partial charge in [0.05, 0.1) is 28.0 Å². The van der Waals surface area contributed by atoms with E-state index in [2.05, 4.69) is 15.3 Å². The summed E-state index contributed by atoms with van der Waals surface area (Å²) in [6, 6.07) is 11.2. The molecule has 0 radical (unpaired) electrons. The van der Waals surface area contributed by atoms with Gasteiger partial charge in [0.15, 0.2) is 5.82 Å². The molecule has 3 amide bonds. The van der Waals surface area contributed by atoms with Gasteiger partial charge in [-0.2, -0.15) is 4.98 Å². The molecule has 10 nitrogen and oxygen atoms in total. The highest BCUT2D eigenvalue weighted by Crippen LogP contribution is 2.41. The predicted octanol–water partition coefficient (Wildman–Crippen LogP) is 5.05. The zero-order chi connectivity index (χ0) is 27.1. The number of carbonyl (C=O) groups is 2. The summed E-state index contributed by atoms with van der Waals surface area (Å²) in [7, 11) is -3.76. The monoisotopic (exact) mass is 563 g/mol. The Bertz CT molecular complexity index is 1490. The molecule has 0 saturated heterocycles. The van der Waals surface area contributed by atoms with E-state index >= 15 is 0 Å². The Hall–Kier alpha value is -3.41. The Morgan fingerprint density at radius 2 is 1.81 bits per heavy atom. The van der Waals surface area contributed by atoms with E-state index in [0.717, 1.165) is 11.8 Å². The van der Waals surface area contributed by atoms with E-state index in [-0.39, 0.29) is 22.4 Å². The standard InChI is InChI=1S/C24H23Cl2N5O5S/c1-24(2,29-22(32)33)11-14-6-4-7-16(10-14)31-20-15(12-27-21(28-20)37(3,35)36)13-30(23(31)34)19-17(25)8-5-9-18(19)26/h4-10,12,29H,11,13H2,1-3H3,(H,32,33). The average Bonchev–Trinajstić information content (AvgIpc) is 2.77. The molecule has 2 heterocycles. The second-order valence-corrected chi connectivity index (χ2v) is 11.9. The van der Waals surface area contributed by atoms with E-state index in [1.807, 2.05) is 0 Å². The maximum atomic E-state index is 13.9. The number of nitrogens with one attached hydrogen (secondary N) is 1. The fraction of sp³-hybridized carbons (Fsp3) is 0.250. The molecule has 194 valence electrons. The second-order valence-electron chi connectivity index (χ2n) is 9.21. The Morgan fingerprint density at radius 3 is 2.43 bits per heavy atom. The van der Waals surface area contributed by atoms with E-state index < -0.39 is 32.7 Å². The molecule has 2 N–H and O–H groups in total. The van der Waals surface area contributed by atoms with Gasteiger partial charge in [-0.15, -0.1) is 0 Å². The second kappa shape index (κ2) is 9.81. The number of nitrogens with zero attached hydrogens (tertiary/aromatic N) is 4. The van der Waals surface area contributed by atoms with Crippen molar-refractivity contribution in [3.8, 4) is 0 Å². The molecule has 4 rings (SSSR count). The Kier molecular flexibility index (Phi) is 7.06. The molecular weight excluding hydrogens is 541 g/mol. The topological polar surface area (TPSA) is 133 Å². The van der Waals surface area contributed by atoms with E-state index in [1.165, 1.54) is 16.0 Å². The van der Waals surface area contributed by atoms with Crippen LogP contribution in [0.15, 0.2) is 53.8 Å². The molecule has 3 aromatic rings. The van der Waals surface area contributed by atoms with Crippen LogP contribution in [0.1, 0.15) is 25.0 Å². The van der Waals surface area contributed by atoms with E-state index in [1.54, 1.807) is 56.3 Å². The molecule has 0 fully saturated rings. The highest BCUT2D eigenvalue weighted by Gasteiger charge is 2.37. The number of carbonyl (C=O) groups excluding carboxylic acids is 1. The van der Waals surface area contributed by atoms with Crippen LogP contribution in [0, 0.1) is 0 Å². The number of para-hydroxylation sites is 1. The van der Waals surface area contributed by atoms with Gasteiger partial charge in [-0.05, 0) is 50.1 Å². The average molecular weight is 564 g/mol. The number of sulfone groups is 1. The van der Waals surface area contributed by atoms with Gasteiger partial charge in [-0.25, -0.2) is 27.9 Å². The van der Waals surface area contributed by atoms with Gasteiger partial charge in [0.25, 0.3) is 0 Å². The number of urea groups is 1. The quantitative estimate of drug-likeness (QED) is 0.400. The van der Waals surface area contributed by atoms with Gasteiger partial charge in [-0.1, -0.05) is 41.4 Å². The lowest BCUT2D eigenvalue weighted by Gasteiger charge is -2.37. The molecule has 2 aromatic carbocycles. The van der Waals surface area contributed by atoms with Gasteiger partial charge >= 0.3 is 12.1 Å². The van der Waals surface area contributed by atoms with Crippen molar-refractivity contribution < 1.29 is 23.1 Å². The lowest BCUT2D eigenvalue weighted by atomic mass is 9.94. The zero-order valence-electron chi connectivity index (χ0n) is 20.1. The van der Waals surface area contributed by atoms with Crippen LogP contribution in [0.25, 0.3) is 0 Å². The molecule has 0 spiro atoms. The van der Waals surface area contributed by atoms with Crippen LogP contribution in [-0.2, 0) is 22.8 Å². The van der Waals surface area contributed by atoms with Crippen molar-refractivity contribution in [3.05, 3.63) is 69.8 Å². The third-order valence-electron chi connectivity index (χ3n) is 5.58. The molecule has 0 atom stereocenters. The number of hydrogen-bond acceptors (Lipinski definition) is 6. The first-order chi connectivity index (χ1) is 17.3. The molecular formula is C24H23Cl2N5O5S. The number of fused-ring (bicyclic) bond motifs is 1. The summed E-state index contributed by atoms with van der Waals surface area (Å²) in [5, 5.41) is 11.7. The summed E-state index contributed by atoms with van der Waals surface area (Å²) in [6.07, 6.45) is 1.51. The van der Waals surface area contributed by atoms with Crippen molar-refractivity contribution in [3.63, 3.8) is 0 Å². The van der Waals surface area contributed by atoms with E-state index in [4.69, 9.17) is 28.3 Å². The predicted molar refractivity (Wildman–Crippen MR) is 141 cm³/mol. The van der Waals surface area contributed by atoms with Crippen molar-refractivity contribution in [2.75, 3.05) is 16.1 Å². The smallest absolute Gasteiger partial charge is 0.405 e. The number of hydrogen-bond donors (Lipinski definition) is 2. The molecule has 1 aliphatic rings. The number of rotatable bonds is 6. The lowest BCUT2D eigenvalue weighted by Crippen LogP contribution is -2.46. The number of carboxylic acid groups (broad SMARTS) is 1. The summed E-state index contributed by atoms with van der Waals surface area (Å²) < 4.78 is 24.4. The summed E-state index contributed by atoms with van der Waals surface area (Å²) in [4.78, 5) is 36.0. The summed E-state index contributed by atoms with van der Waals surface area (Å²) in [5.74, 6) is 0.111. The molecule has 1 aliphatic heterocycles. The van der Waals surface area contributed by atoms with Crippen molar-refractivity contribution in [1.29, 1.82) is 0 Å². The number of aromatic nitrogens is 2. The van der Waals surface area contributed by atoms with Crippen LogP contribution in [-0.4, -0.2) is 47.4 Å². The van der Waals surface area contributed by atoms with E-state index in [0.29, 0.717) is 23.4 Å². The number of anilines is 3. The number of benzene rings is 2. The molecule has 0 saturated carbocycles. The van der Waals surface area contributed by atoms with Crippen LogP contribution < -0.4 is 15.1 Å². The number of amides is 3. The third-order valence-corrected chi connectivity index (χ3v) is 7.05. The van der Waals surface area contributed by atoms with Crippen LogP contribution in [0.2, 0.25) is 10.0 Å². The van der Waals surface area contributed by atoms with Crippen LogP contribution >= 0.6 is 23.2 Å². The van der Waals surface area contributed by atoms with Crippen LogP contribution in [0.5, 0.6) is 0 Å². The first kappa shape index (κ1) is 26.6. The van der Waals surface area contributed by atoms with Crippen molar-refractivity contribution in [1.82, 2.24) is 15.3 Å². The van der Waals surface area contributed by atoms with Gasteiger partial charge < -0.3 is 10.4 Å². The normalized spacial score (nSPS) is 13.9. The van der Waals surface area contributed by atoms with Gasteiger partial charge in [0, 0.05) is 23.6 Å². The highest BCUT2D eigenvalue weighted by atomic mass is 35.5. The maximum Gasteiger partial charge on any atom is 0.405 e. The van der Waals surface area contributed by atoms with E-state index in [9.17, 15) is 18.0 Å². The third kappa shape index (κ3) is 5.63. The minimum atomic E-state index is -3.76. The largest absolute Gasteiger partial charge is 0.465 e. The highest BCUT2D eigenvalue weighted by molar-refractivity contribution is 7.90. The molecule has 37 heavy (non-hydrogen) atoms. The van der Waals surface area contributed by atoms with Gasteiger partial charge in [0.1, 0.15) is 0 Å². The molecule has 1 aromatic heterocycles. The maximum absolute atomic E-state index is 13.9. The fourth-order valence-corrected chi connectivity index (χ4v) is 5.22. The minimum absolute atomic E-state index is 0.00736. The molecule has 0 aliphatic carbocycles. The summed E-state index contributed by atoms with van der Waals surface area (Å²) >= 11 is 12.8. The summed E-state index contributed by atoms with van der Waals surface area (Å²) in [6.45, 7) is 3.48. The first-order valence-electron chi connectivity index (χ1n) is 11.0. The Labute approximate surface area is 223 Å². The first-order valence-corrected chi connectivity index (χ1v) is 13.6. The number of halogens is 2. The SMILES string of the molecule is CC(C)(Cc1cccc(N2C(=O)N(c3c(Cl)cccc3Cl)Cc3cnc(S(C)(=O)=O)nc32)c1)NC(=O)O. The Balaban J connectivity index is 1.86. The zero-order valence-corrected chi connectivity index (χ0v) is 22.4. The molecule has 13 heteroatoms. The summed E-state index contributed by atoms with van der Waals surface area (Å²) in [5.41, 5.74) is 1.09. The van der Waals surface area contributed by atoms with Crippen LogP contribution in [0.3, 0.4) is 0 Å². The van der Waals surface area contributed by atoms with Crippen molar-refractivity contribution in [2.45, 2.75) is 37.5 Å². The lowest BCUT2D eigenvalue weighted by molar-refractivity contribution is 0.182. The van der Waals surface area contributed by atoms with Crippen molar-refractivity contribution >= 4 is 62.4 Å². The fourth-order valence-electron chi connectivity index (χ4n) is 4.12. The van der Waals surface area contributed by atoms with Gasteiger partial charge in [-0.3, -0.25) is 4.90 Å². The van der Waals surface area contributed by atoms with Gasteiger partial charge in [0.2, 0.25) is 15.0 Å². The molecule has 0 unspecified atom stereocenters. The molecule has 0 bridgehead atoms. The minimum Gasteiger partial charge on any atom is -0.465 e. The van der Waals surface area contributed by atoms with Crippen LogP contribution in [0.4, 0.5) is 26.8 Å². The van der Waals surface area contributed by atoms with Crippen molar-refractivity contribution in [2.24, 2.45) is 0 Å². The Morgan fingerprint density at radius 1 is 1.16 bits per heavy atom.